The van der Waals surface area contributed by atoms with Crippen LogP contribution < -0.4 is 5.32 Å². The molecule has 0 spiro atoms. The van der Waals surface area contributed by atoms with E-state index < -0.39 is 0 Å². The lowest BCUT2D eigenvalue weighted by molar-refractivity contribution is 1.04. The van der Waals surface area contributed by atoms with Gasteiger partial charge in [-0.15, -0.1) is 0 Å². The third-order valence-electron chi connectivity index (χ3n) is 2.98. The first-order valence-corrected chi connectivity index (χ1v) is 6.88. The molecule has 2 aromatic rings. The van der Waals surface area contributed by atoms with Crippen molar-refractivity contribution in [2.24, 2.45) is 0 Å². The number of rotatable bonds is 3. The second-order valence-corrected chi connectivity index (χ2v) is 5.57. The van der Waals surface area contributed by atoms with Crippen LogP contribution in [0.2, 0.25) is 0 Å². The van der Waals surface area contributed by atoms with Crippen molar-refractivity contribution < 1.29 is 0 Å². The Morgan fingerprint density at radius 1 is 1.33 bits per heavy atom. The van der Waals surface area contributed by atoms with Crippen LogP contribution in [0.15, 0.2) is 34.9 Å². The van der Waals surface area contributed by atoms with Crippen LogP contribution in [0.1, 0.15) is 18.4 Å². The maximum absolute atomic E-state index is 4.62. The van der Waals surface area contributed by atoms with E-state index in [-0.39, 0.29) is 0 Å². The topological polar surface area (TPSA) is 37.8 Å². The van der Waals surface area contributed by atoms with Crippen molar-refractivity contribution in [3.63, 3.8) is 0 Å². The number of nitrogens with one attached hydrogen (secondary N) is 1. The first-order valence-electron chi connectivity index (χ1n) is 6.08. The lowest BCUT2D eigenvalue weighted by atomic mass is 10.1. The molecule has 0 radical (unpaired) electrons. The molecule has 1 aliphatic rings. The Kier molecular flexibility index (Phi) is 3.04. The predicted molar refractivity (Wildman–Crippen MR) is 76.5 cm³/mol. The Hall–Kier alpha value is -1.42. The second kappa shape index (κ2) is 4.69. The maximum atomic E-state index is 4.62. The Bertz CT molecular complexity index is 579. The van der Waals surface area contributed by atoms with Crippen LogP contribution >= 0.6 is 15.9 Å². The summed E-state index contributed by atoms with van der Waals surface area (Å²) < 4.78 is 1.06. The van der Waals surface area contributed by atoms with Crippen LogP contribution in [-0.2, 0) is 0 Å². The number of nitrogens with zero attached hydrogens (tertiary/aromatic N) is 2. The molecule has 0 atom stereocenters. The van der Waals surface area contributed by atoms with E-state index in [1.54, 1.807) is 0 Å². The summed E-state index contributed by atoms with van der Waals surface area (Å²) in [5.41, 5.74) is 3.20. The standard InChI is InChI=1S/C14H14BrN3/c1-9-8-16-14(17-12-5-6-12)18-13(9)10-3-2-4-11(15)7-10/h2-4,7-8,12H,5-6H2,1H3,(H,16,17,18). The van der Waals surface area contributed by atoms with Crippen LogP contribution in [-0.4, -0.2) is 16.0 Å². The van der Waals surface area contributed by atoms with Gasteiger partial charge in [-0.2, -0.15) is 0 Å². The third kappa shape index (κ3) is 2.53. The number of aromatic nitrogens is 2. The number of hydrogen-bond donors (Lipinski definition) is 1. The van der Waals surface area contributed by atoms with Crippen molar-refractivity contribution in [3.8, 4) is 11.3 Å². The van der Waals surface area contributed by atoms with Crippen LogP contribution in [0.25, 0.3) is 11.3 Å². The molecule has 1 N–H and O–H groups in total. The smallest absolute Gasteiger partial charge is 0.223 e. The summed E-state index contributed by atoms with van der Waals surface area (Å²) in [4.78, 5) is 8.95. The summed E-state index contributed by atoms with van der Waals surface area (Å²) in [5.74, 6) is 0.734. The molecule has 92 valence electrons. The highest BCUT2D eigenvalue weighted by molar-refractivity contribution is 9.10. The van der Waals surface area contributed by atoms with Gasteiger partial charge in [0, 0.05) is 22.3 Å². The minimum atomic E-state index is 0.572. The zero-order valence-electron chi connectivity index (χ0n) is 10.2. The summed E-state index contributed by atoms with van der Waals surface area (Å²) in [6, 6.07) is 8.76. The SMILES string of the molecule is Cc1cnc(NC2CC2)nc1-c1cccc(Br)c1. The Balaban J connectivity index is 1.98. The molecular formula is C14H14BrN3. The lowest BCUT2D eigenvalue weighted by Gasteiger charge is -2.08. The molecule has 1 heterocycles. The Morgan fingerprint density at radius 2 is 2.17 bits per heavy atom. The van der Waals surface area contributed by atoms with Crippen molar-refractivity contribution >= 4 is 21.9 Å². The van der Waals surface area contributed by atoms with E-state index in [2.05, 4.69) is 43.3 Å². The summed E-state index contributed by atoms with van der Waals surface area (Å²) in [5, 5.41) is 3.33. The van der Waals surface area contributed by atoms with Gasteiger partial charge in [0.15, 0.2) is 0 Å². The van der Waals surface area contributed by atoms with E-state index in [1.807, 2.05) is 25.3 Å². The largest absolute Gasteiger partial charge is 0.351 e. The number of aryl methyl sites for hydroxylation is 1. The van der Waals surface area contributed by atoms with Crippen molar-refractivity contribution in [2.45, 2.75) is 25.8 Å². The molecule has 0 bridgehead atoms. The molecule has 3 rings (SSSR count). The maximum Gasteiger partial charge on any atom is 0.223 e. The van der Waals surface area contributed by atoms with Gasteiger partial charge in [-0.1, -0.05) is 28.1 Å². The average molecular weight is 304 g/mol. The van der Waals surface area contributed by atoms with E-state index in [4.69, 9.17) is 0 Å². The lowest BCUT2D eigenvalue weighted by Crippen LogP contribution is -2.06. The van der Waals surface area contributed by atoms with Crippen molar-refractivity contribution in [2.75, 3.05) is 5.32 Å². The quantitative estimate of drug-likeness (QED) is 0.937. The fourth-order valence-electron chi connectivity index (χ4n) is 1.85. The molecule has 4 heteroatoms. The summed E-state index contributed by atoms with van der Waals surface area (Å²) in [6.07, 6.45) is 4.33. The minimum Gasteiger partial charge on any atom is -0.351 e. The van der Waals surface area contributed by atoms with E-state index in [9.17, 15) is 0 Å². The predicted octanol–water partition coefficient (Wildman–Crippen LogP) is 3.79. The van der Waals surface area contributed by atoms with E-state index in [0.717, 1.165) is 27.2 Å². The molecule has 0 saturated heterocycles. The van der Waals surface area contributed by atoms with Gasteiger partial charge in [0.1, 0.15) is 0 Å². The molecule has 1 aliphatic carbocycles. The van der Waals surface area contributed by atoms with Crippen molar-refractivity contribution in [1.82, 2.24) is 9.97 Å². The van der Waals surface area contributed by atoms with Gasteiger partial charge >= 0.3 is 0 Å². The first-order chi connectivity index (χ1) is 8.72. The van der Waals surface area contributed by atoms with Gasteiger partial charge in [0.25, 0.3) is 0 Å². The first kappa shape index (κ1) is 11.7. The van der Waals surface area contributed by atoms with E-state index in [1.165, 1.54) is 12.8 Å². The average Bonchev–Trinajstić information content (AvgIpc) is 3.15. The molecule has 1 aromatic carbocycles. The highest BCUT2D eigenvalue weighted by Crippen LogP contribution is 2.27. The molecule has 1 aromatic heterocycles. The summed E-state index contributed by atoms with van der Waals surface area (Å²) in [7, 11) is 0. The van der Waals surface area contributed by atoms with Gasteiger partial charge in [-0.25, -0.2) is 9.97 Å². The highest BCUT2D eigenvalue weighted by atomic mass is 79.9. The highest BCUT2D eigenvalue weighted by Gasteiger charge is 2.22. The van der Waals surface area contributed by atoms with Crippen molar-refractivity contribution in [1.29, 1.82) is 0 Å². The fourth-order valence-corrected chi connectivity index (χ4v) is 2.25. The van der Waals surface area contributed by atoms with Crippen molar-refractivity contribution in [3.05, 3.63) is 40.5 Å². The van der Waals surface area contributed by atoms with Crippen LogP contribution in [0.5, 0.6) is 0 Å². The molecule has 3 nitrogen and oxygen atoms in total. The van der Waals surface area contributed by atoms with Crippen LogP contribution in [0.3, 0.4) is 0 Å². The molecular weight excluding hydrogens is 290 g/mol. The van der Waals surface area contributed by atoms with Crippen LogP contribution in [0, 0.1) is 6.92 Å². The summed E-state index contributed by atoms with van der Waals surface area (Å²) >= 11 is 3.49. The zero-order chi connectivity index (χ0) is 12.5. The van der Waals surface area contributed by atoms with Gasteiger partial charge in [-0.3, -0.25) is 0 Å². The summed E-state index contributed by atoms with van der Waals surface area (Å²) in [6.45, 7) is 2.04. The number of halogens is 1. The Morgan fingerprint density at radius 3 is 2.89 bits per heavy atom. The molecule has 0 aliphatic heterocycles. The van der Waals surface area contributed by atoms with E-state index in [0.29, 0.717) is 6.04 Å². The van der Waals surface area contributed by atoms with Gasteiger partial charge < -0.3 is 5.32 Å². The van der Waals surface area contributed by atoms with E-state index >= 15 is 0 Å². The second-order valence-electron chi connectivity index (χ2n) is 4.65. The monoisotopic (exact) mass is 303 g/mol. The molecule has 1 fully saturated rings. The van der Waals surface area contributed by atoms with Crippen LogP contribution in [0.4, 0.5) is 5.95 Å². The molecule has 0 amide bonds. The third-order valence-corrected chi connectivity index (χ3v) is 3.47. The van der Waals surface area contributed by atoms with Gasteiger partial charge in [0.2, 0.25) is 5.95 Å². The number of hydrogen-bond acceptors (Lipinski definition) is 3. The normalized spacial score (nSPS) is 14.6. The minimum absolute atomic E-state index is 0.572. The zero-order valence-corrected chi connectivity index (χ0v) is 11.7. The molecule has 18 heavy (non-hydrogen) atoms. The van der Waals surface area contributed by atoms with Gasteiger partial charge in [-0.05, 0) is 37.5 Å². The van der Waals surface area contributed by atoms with Gasteiger partial charge in [0.05, 0.1) is 5.69 Å². The molecule has 0 unspecified atom stereocenters. The molecule has 1 saturated carbocycles. The number of anilines is 1. The fraction of sp³-hybridized carbons (Fsp3) is 0.286. The number of benzene rings is 1. The Labute approximate surface area is 115 Å².